The highest BCUT2D eigenvalue weighted by Gasteiger charge is 2.17. The van der Waals surface area contributed by atoms with Gasteiger partial charge in [0.05, 0.1) is 11.1 Å². The zero-order chi connectivity index (χ0) is 20.3. The second-order valence-electron chi connectivity index (χ2n) is 6.72. The lowest BCUT2D eigenvalue weighted by atomic mass is 9.93. The molecule has 3 aromatic rings. The molecular formula is C23H19FN2O2S. The van der Waals surface area contributed by atoms with Crippen LogP contribution in [0.1, 0.15) is 22.3 Å². The van der Waals surface area contributed by atoms with Crippen molar-refractivity contribution < 1.29 is 12.8 Å². The van der Waals surface area contributed by atoms with Crippen molar-refractivity contribution in [2.24, 2.45) is 4.99 Å². The summed E-state index contributed by atoms with van der Waals surface area (Å²) >= 11 is 0. The minimum absolute atomic E-state index is 0.298. The SMILES string of the molecule is O=S(=O)(C=Cc1ccccc1)Nc1ccc(C2=NCCc3ccc(F)cc32)cc1. The summed E-state index contributed by atoms with van der Waals surface area (Å²) in [4.78, 5) is 4.55. The van der Waals surface area contributed by atoms with E-state index in [-0.39, 0.29) is 5.82 Å². The topological polar surface area (TPSA) is 58.5 Å². The van der Waals surface area contributed by atoms with Crippen LogP contribution in [0.15, 0.2) is 83.2 Å². The van der Waals surface area contributed by atoms with E-state index in [1.54, 1.807) is 36.4 Å². The Hall–Kier alpha value is -3.25. The van der Waals surface area contributed by atoms with Crippen LogP contribution in [0.3, 0.4) is 0 Å². The van der Waals surface area contributed by atoms with Crippen LogP contribution in [0.25, 0.3) is 6.08 Å². The molecule has 4 rings (SSSR count). The maximum atomic E-state index is 13.7. The Balaban J connectivity index is 1.52. The van der Waals surface area contributed by atoms with Gasteiger partial charge in [0.15, 0.2) is 0 Å². The van der Waals surface area contributed by atoms with Gasteiger partial charge in [-0.05, 0) is 47.9 Å². The number of sulfonamides is 1. The third-order valence-electron chi connectivity index (χ3n) is 4.64. The predicted octanol–water partition coefficient (Wildman–Crippen LogP) is 4.63. The average molecular weight is 406 g/mol. The molecule has 0 aromatic heterocycles. The molecule has 0 unspecified atom stereocenters. The van der Waals surface area contributed by atoms with Crippen LogP contribution in [-0.4, -0.2) is 20.7 Å². The van der Waals surface area contributed by atoms with Crippen LogP contribution in [0, 0.1) is 5.82 Å². The molecule has 0 fully saturated rings. The minimum Gasteiger partial charge on any atom is -0.284 e. The number of hydrogen-bond acceptors (Lipinski definition) is 3. The summed E-state index contributed by atoms with van der Waals surface area (Å²) in [6, 6.07) is 20.9. The largest absolute Gasteiger partial charge is 0.284 e. The van der Waals surface area contributed by atoms with Crippen LogP contribution in [-0.2, 0) is 16.4 Å². The van der Waals surface area contributed by atoms with E-state index in [4.69, 9.17) is 0 Å². The number of anilines is 1. The summed E-state index contributed by atoms with van der Waals surface area (Å²) in [5.74, 6) is -0.298. The zero-order valence-corrected chi connectivity index (χ0v) is 16.4. The number of nitrogens with one attached hydrogen (secondary N) is 1. The lowest BCUT2D eigenvalue weighted by Crippen LogP contribution is -2.15. The average Bonchev–Trinajstić information content (AvgIpc) is 2.73. The molecule has 1 N–H and O–H groups in total. The van der Waals surface area contributed by atoms with Crippen LogP contribution in [0.5, 0.6) is 0 Å². The molecule has 0 spiro atoms. The van der Waals surface area contributed by atoms with Crippen LogP contribution >= 0.6 is 0 Å². The van der Waals surface area contributed by atoms with Gasteiger partial charge >= 0.3 is 0 Å². The molecule has 1 aliphatic rings. The first-order valence-electron chi connectivity index (χ1n) is 9.20. The van der Waals surface area contributed by atoms with Crippen LogP contribution < -0.4 is 4.72 Å². The molecule has 4 nitrogen and oxygen atoms in total. The molecule has 6 heteroatoms. The lowest BCUT2D eigenvalue weighted by molar-refractivity contribution is 0.609. The van der Waals surface area contributed by atoms with Crippen LogP contribution in [0.2, 0.25) is 0 Å². The van der Waals surface area contributed by atoms with Gasteiger partial charge in [-0.1, -0.05) is 48.5 Å². The first-order valence-corrected chi connectivity index (χ1v) is 10.7. The molecule has 0 aliphatic carbocycles. The third kappa shape index (κ3) is 4.60. The van der Waals surface area contributed by atoms with Gasteiger partial charge < -0.3 is 0 Å². The summed E-state index contributed by atoms with van der Waals surface area (Å²) in [6.07, 6.45) is 2.32. The van der Waals surface area contributed by atoms with Crippen molar-refractivity contribution in [1.29, 1.82) is 0 Å². The summed E-state index contributed by atoms with van der Waals surface area (Å²) in [7, 11) is -3.64. The molecule has 3 aromatic carbocycles. The summed E-state index contributed by atoms with van der Waals surface area (Å²) in [5.41, 5.74) is 4.64. The molecule has 1 heterocycles. The maximum absolute atomic E-state index is 13.7. The molecule has 0 saturated heterocycles. The van der Waals surface area contributed by atoms with Gasteiger partial charge in [-0.15, -0.1) is 0 Å². The van der Waals surface area contributed by atoms with Crippen molar-refractivity contribution in [3.63, 3.8) is 0 Å². The number of benzene rings is 3. The molecule has 0 bridgehead atoms. The van der Waals surface area contributed by atoms with E-state index in [1.807, 2.05) is 30.3 Å². The van der Waals surface area contributed by atoms with Gasteiger partial charge in [-0.3, -0.25) is 9.71 Å². The van der Waals surface area contributed by atoms with Gasteiger partial charge in [-0.25, -0.2) is 12.8 Å². The van der Waals surface area contributed by atoms with Gasteiger partial charge in [0.1, 0.15) is 5.82 Å². The van der Waals surface area contributed by atoms with Crippen molar-refractivity contribution in [3.8, 4) is 0 Å². The lowest BCUT2D eigenvalue weighted by Gasteiger charge is -2.17. The fraction of sp³-hybridized carbons (Fsp3) is 0.0870. The van der Waals surface area contributed by atoms with Gasteiger partial charge in [0.2, 0.25) is 0 Å². The van der Waals surface area contributed by atoms with Crippen LogP contribution in [0.4, 0.5) is 10.1 Å². The Bertz CT molecular complexity index is 1190. The molecular weight excluding hydrogens is 387 g/mol. The number of aliphatic imine (C=N–C) groups is 1. The Kier molecular flexibility index (Phi) is 5.27. The fourth-order valence-corrected chi connectivity index (χ4v) is 4.10. The molecule has 146 valence electrons. The van der Waals surface area contributed by atoms with E-state index in [2.05, 4.69) is 9.71 Å². The van der Waals surface area contributed by atoms with E-state index >= 15 is 0 Å². The zero-order valence-electron chi connectivity index (χ0n) is 15.5. The van der Waals surface area contributed by atoms with E-state index in [0.717, 1.165) is 39.8 Å². The van der Waals surface area contributed by atoms with Crippen molar-refractivity contribution in [3.05, 3.63) is 106 Å². The minimum atomic E-state index is -3.64. The first kappa shape index (κ1) is 19.1. The highest BCUT2D eigenvalue weighted by molar-refractivity contribution is 7.95. The monoisotopic (exact) mass is 406 g/mol. The summed E-state index contributed by atoms with van der Waals surface area (Å²) in [5, 5.41) is 1.14. The van der Waals surface area contributed by atoms with Crippen molar-refractivity contribution in [2.45, 2.75) is 6.42 Å². The van der Waals surface area contributed by atoms with E-state index in [1.165, 1.54) is 12.1 Å². The smallest absolute Gasteiger partial charge is 0.255 e. The summed E-state index contributed by atoms with van der Waals surface area (Å²) in [6.45, 7) is 0.645. The van der Waals surface area contributed by atoms with Gasteiger partial charge in [0.25, 0.3) is 10.0 Å². The Labute approximate surface area is 169 Å². The van der Waals surface area contributed by atoms with Gasteiger partial charge in [0, 0.05) is 23.4 Å². The first-order chi connectivity index (χ1) is 14.0. The Morgan fingerprint density at radius 3 is 2.48 bits per heavy atom. The highest BCUT2D eigenvalue weighted by atomic mass is 32.2. The number of fused-ring (bicyclic) bond motifs is 1. The maximum Gasteiger partial charge on any atom is 0.255 e. The molecule has 0 atom stereocenters. The Morgan fingerprint density at radius 2 is 1.72 bits per heavy atom. The number of rotatable bonds is 5. The van der Waals surface area contributed by atoms with E-state index < -0.39 is 10.0 Å². The van der Waals surface area contributed by atoms with Crippen molar-refractivity contribution in [1.82, 2.24) is 0 Å². The second kappa shape index (κ2) is 8.01. The van der Waals surface area contributed by atoms with Gasteiger partial charge in [-0.2, -0.15) is 0 Å². The highest BCUT2D eigenvalue weighted by Crippen LogP contribution is 2.23. The molecule has 1 aliphatic heterocycles. The van der Waals surface area contributed by atoms with E-state index in [9.17, 15) is 12.8 Å². The number of nitrogens with zero attached hydrogens (tertiary/aromatic N) is 1. The van der Waals surface area contributed by atoms with Crippen molar-refractivity contribution >= 4 is 27.5 Å². The second-order valence-corrected chi connectivity index (χ2v) is 8.29. The molecule has 0 amide bonds. The fourth-order valence-electron chi connectivity index (χ4n) is 3.23. The van der Waals surface area contributed by atoms with E-state index in [0.29, 0.717) is 12.2 Å². The third-order valence-corrected chi connectivity index (χ3v) is 5.65. The Morgan fingerprint density at radius 1 is 0.966 bits per heavy atom. The number of halogens is 1. The quantitative estimate of drug-likeness (QED) is 0.672. The van der Waals surface area contributed by atoms with Crippen molar-refractivity contribution in [2.75, 3.05) is 11.3 Å². The summed E-state index contributed by atoms with van der Waals surface area (Å²) < 4.78 is 40.8. The molecule has 29 heavy (non-hydrogen) atoms. The molecule has 0 radical (unpaired) electrons. The molecule has 0 saturated carbocycles. The standard InChI is InChI=1S/C23H19FN2O2S/c24-20-9-6-18-12-14-25-23(22(18)16-20)19-7-10-21(11-8-19)26-29(27,28)15-13-17-4-2-1-3-5-17/h1-11,13,15-16,26H,12,14H2. The normalized spacial score (nSPS) is 13.8. The predicted molar refractivity (Wildman–Crippen MR) is 115 cm³/mol. The number of hydrogen-bond donors (Lipinski definition) is 1.